The summed E-state index contributed by atoms with van der Waals surface area (Å²) in [6.07, 6.45) is 2.34. The maximum atomic E-state index is 12.3. The molecule has 0 radical (unpaired) electrons. The number of aromatic nitrogens is 1. The number of hydrogen-bond donors (Lipinski definition) is 0. The van der Waals surface area contributed by atoms with Crippen molar-refractivity contribution in [1.29, 1.82) is 5.26 Å². The summed E-state index contributed by atoms with van der Waals surface area (Å²) in [5.74, 6) is -0.0999. The molecule has 1 saturated heterocycles. The van der Waals surface area contributed by atoms with Crippen LogP contribution in [0.2, 0.25) is 5.02 Å². The lowest BCUT2D eigenvalue weighted by Gasteiger charge is -2.36. The third-order valence-corrected chi connectivity index (χ3v) is 3.75. The molecule has 5 nitrogen and oxygen atoms in total. The second-order valence-corrected chi connectivity index (χ2v) is 5.18. The van der Waals surface area contributed by atoms with Crippen molar-refractivity contribution < 1.29 is 4.79 Å². The zero-order valence-electron chi connectivity index (χ0n) is 11.4. The molecule has 0 saturated carbocycles. The molecule has 1 aliphatic rings. The number of nitriles is 1. The van der Waals surface area contributed by atoms with Gasteiger partial charge in [-0.25, -0.2) is 0 Å². The van der Waals surface area contributed by atoms with E-state index in [2.05, 4.69) is 16.0 Å². The molecule has 106 valence electrons. The summed E-state index contributed by atoms with van der Waals surface area (Å²) >= 11 is 5.88. The van der Waals surface area contributed by atoms with Crippen LogP contribution in [-0.4, -0.2) is 52.9 Å². The molecule has 1 unspecified atom stereocenters. The molecule has 2 heterocycles. The molecule has 1 aromatic rings. The van der Waals surface area contributed by atoms with E-state index >= 15 is 0 Å². The number of amides is 1. The maximum Gasteiger partial charge on any atom is 0.272 e. The lowest BCUT2D eigenvalue weighted by Crippen LogP contribution is -2.51. The highest BCUT2D eigenvalue weighted by Crippen LogP contribution is 2.13. The van der Waals surface area contributed by atoms with E-state index in [1.807, 2.05) is 6.92 Å². The van der Waals surface area contributed by atoms with E-state index in [9.17, 15) is 4.79 Å². The summed E-state index contributed by atoms with van der Waals surface area (Å²) in [6, 6.07) is 5.47. The molecule has 1 aliphatic heterocycles. The standard InChI is InChI=1S/C14H17ClN4O/c1-2-12(10-16)18-5-7-19(8-6-18)14(20)13-9-11(15)3-4-17-13/h3-4,9,12H,2,5-8H2,1H3. The van der Waals surface area contributed by atoms with Crippen molar-refractivity contribution in [3.05, 3.63) is 29.0 Å². The zero-order chi connectivity index (χ0) is 14.5. The first-order valence-corrected chi connectivity index (χ1v) is 7.08. The fourth-order valence-corrected chi connectivity index (χ4v) is 2.51. The van der Waals surface area contributed by atoms with Crippen molar-refractivity contribution in [1.82, 2.24) is 14.8 Å². The molecular formula is C14H17ClN4O. The van der Waals surface area contributed by atoms with E-state index < -0.39 is 0 Å². The first-order valence-electron chi connectivity index (χ1n) is 6.70. The number of piperazine rings is 1. The zero-order valence-corrected chi connectivity index (χ0v) is 12.2. The molecule has 20 heavy (non-hydrogen) atoms. The van der Waals surface area contributed by atoms with Gasteiger partial charge in [-0.05, 0) is 18.6 Å². The van der Waals surface area contributed by atoms with Gasteiger partial charge in [0.25, 0.3) is 5.91 Å². The second-order valence-electron chi connectivity index (χ2n) is 4.74. The van der Waals surface area contributed by atoms with Crippen molar-refractivity contribution in [2.24, 2.45) is 0 Å². The number of nitrogens with zero attached hydrogens (tertiary/aromatic N) is 4. The quantitative estimate of drug-likeness (QED) is 0.852. The predicted octanol–water partition coefficient (Wildman–Crippen LogP) is 1.79. The Morgan fingerprint density at radius 2 is 2.20 bits per heavy atom. The highest BCUT2D eigenvalue weighted by atomic mass is 35.5. The van der Waals surface area contributed by atoms with Crippen LogP contribution in [0.3, 0.4) is 0 Å². The van der Waals surface area contributed by atoms with Crippen molar-refractivity contribution in [3.8, 4) is 6.07 Å². The molecular weight excluding hydrogens is 276 g/mol. The van der Waals surface area contributed by atoms with Gasteiger partial charge in [0.05, 0.1) is 12.1 Å². The molecule has 2 rings (SSSR count). The molecule has 0 aromatic carbocycles. The Balaban J connectivity index is 1.97. The van der Waals surface area contributed by atoms with Gasteiger partial charge >= 0.3 is 0 Å². The van der Waals surface area contributed by atoms with Crippen LogP contribution >= 0.6 is 11.6 Å². The SMILES string of the molecule is CCC(C#N)N1CCN(C(=O)c2cc(Cl)ccn2)CC1. The minimum Gasteiger partial charge on any atom is -0.335 e. The molecule has 1 amide bonds. The van der Waals surface area contributed by atoms with Crippen LogP contribution in [0.1, 0.15) is 23.8 Å². The third kappa shape index (κ3) is 3.27. The van der Waals surface area contributed by atoms with Crippen LogP contribution in [0.5, 0.6) is 0 Å². The number of hydrogen-bond acceptors (Lipinski definition) is 4. The highest BCUT2D eigenvalue weighted by Gasteiger charge is 2.26. The Kier molecular flexibility index (Phi) is 4.94. The third-order valence-electron chi connectivity index (χ3n) is 3.52. The molecule has 6 heteroatoms. The van der Waals surface area contributed by atoms with Crippen LogP contribution in [0.25, 0.3) is 0 Å². The number of pyridine rings is 1. The molecule has 1 fully saturated rings. The van der Waals surface area contributed by atoms with Gasteiger partial charge < -0.3 is 4.90 Å². The van der Waals surface area contributed by atoms with Crippen molar-refractivity contribution in [3.63, 3.8) is 0 Å². The van der Waals surface area contributed by atoms with Gasteiger partial charge in [0.15, 0.2) is 0 Å². The highest BCUT2D eigenvalue weighted by molar-refractivity contribution is 6.30. The van der Waals surface area contributed by atoms with Crippen LogP contribution in [0, 0.1) is 11.3 Å². The van der Waals surface area contributed by atoms with Crippen LogP contribution in [0.4, 0.5) is 0 Å². The smallest absolute Gasteiger partial charge is 0.272 e. The summed E-state index contributed by atoms with van der Waals surface area (Å²) in [5.41, 5.74) is 0.373. The maximum absolute atomic E-state index is 12.3. The van der Waals surface area contributed by atoms with Gasteiger partial charge in [0.2, 0.25) is 0 Å². The fourth-order valence-electron chi connectivity index (χ4n) is 2.35. The summed E-state index contributed by atoms with van der Waals surface area (Å²) in [5, 5.41) is 9.58. The van der Waals surface area contributed by atoms with E-state index in [-0.39, 0.29) is 11.9 Å². The molecule has 0 bridgehead atoms. The summed E-state index contributed by atoms with van der Waals surface area (Å²) in [7, 11) is 0. The molecule has 0 spiro atoms. The number of halogens is 1. The van der Waals surface area contributed by atoms with E-state index in [4.69, 9.17) is 16.9 Å². The summed E-state index contributed by atoms with van der Waals surface area (Å²) < 4.78 is 0. The van der Waals surface area contributed by atoms with Crippen molar-refractivity contribution in [2.45, 2.75) is 19.4 Å². The first-order chi connectivity index (χ1) is 9.65. The Hall–Kier alpha value is -1.64. The average molecular weight is 293 g/mol. The van der Waals surface area contributed by atoms with E-state index in [0.29, 0.717) is 23.8 Å². The molecule has 0 aliphatic carbocycles. The van der Waals surface area contributed by atoms with Gasteiger partial charge in [0.1, 0.15) is 5.69 Å². The Morgan fingerprint density at radius 1 is 1.50 bits per heavy atom. The van der Waals surface area contributed by atoms with Gasteiger partial charge in [0, 0.05) is 37.4 Å². The minimum absolute atomic E-state index is 0.0588. The molecule has 1 atom stereocenters. The van der Waals surface area contributed by atoms with E-state index in [1.165, 1.54) is 6.20 Å². The van der Waals surface area contributed by atoms with Crippen LogP contribution in [-0.2, 0) is 0 Å². The van der Waals surface area contributed by atoms with Gasteiger partial charge in [-0.2, -0.15) is 5.26 Å². The number of rotatable bonds is 3. The van der Waals surface area contributed by atoms with Gasteiger partial charge in [-0.15, -0.1) is 0 Å². The first kappa shape index (κ1) is 14.8. The topological polar surface area (TPSA) is 60.2 Å². The largest absolute Gasteiger partial charge is 0.335 e. The average Bonchev–Trinajstić information content (AvgIpc) is 2.48. The van der Waals surface area contributed by atoms with Crippen LogP contribution < -0.4 is 0 Å². The van der Waals surface area contributed by atoms with Gasteiger partial charge in [-0.1, -0.05) is 18.5 Å². The second kappa shape index (κ2) is 6.69. The minimum atomic E-state index is -0.0999. The normalized spacial score (nSPS) is 17.6. The number of carbonyl (C=O) groups excluding carboxylic acids is 1. The van der Waals surface area contributed by atoms with Gasteiger partial charge in [-0.3, -0.25) is 14.7 Å². The lowest BCUT2D eigenvalue weighted by molar-refractivity contribution is 0.0599. The fraction of sp³-hybridized carbons (Fsp3) is 0.500. The predicted molar refractivity (Wildman–Crippen MR) is 76.4 cm³/mol. The molecule has 0 N–H and O–H groups in total. The number of carbonyl (C=O) groups is 1. The Morgan fingerprint density at radius 3 is 2.75 bits per heavy atom. The Labute approximate surface area is 123 Å². The monoisotopic (exact) mass is 292 g/mol. The lowest BCUT2D eigenvalue weighted by atomic mass is 10.1. The van der Waals surface area contributed by atoms with Crippen molar-refractivity contribution in [2.75, 3.05) is 26.2 Å². The molecule has 1 aromatic heterocycles. The van der Waals surface area contributed by atoms with Crippen LogP contribution in [0.15, 0.2) is 18.3 Å². The summed E-state index contributed by atoms with van der Waals surface area (Å²) in [4.78, 5) is 20.2. The summed E-state index contributed by atoms with van der Waals surface area (Å²) in [6.45, 7) is 4.68. The van der Waals surface area contributed by atoms with Crippen molar-refractivity contribution >= 4 is 17.5 Å². The Bertz CT molecular complexity index is 520. The van der Waals surface area contributed by atoms with E-state index in [0.717, 1.165) is 19.5 Å². The van der Waals surface area contributed by atoms with E-state index in [1.54, 1.807) is 17.0 Å².